The lowest BCUT2D eigenvalue weighted by Crippen LogP contribution is -2.61. The maximum absolute atomic E-state index is 2.67. The van der Waals surface area contributed by atoms with Crippen LogP contribution in [0.4, 0.5) is 51.2 Å². The molecule has 78 heavy (non-hydrogen) atoms. The third-order valence-corrected chi connectivity index (χ3v) is 17.5. The second kappa shape index (κ2) is 17.4. The number of benzene rings is 9. The molecule has 4 heterocycles. The fourth-order valence-electron chi connectivity index (χ4n) is 13.6. The van der Waals surface area contributed by atoms with Gasteiger partial charge in [-0.05, 0) is 159 Å². The molecule has 3 aliphatic rings. The molecule has 384 valence electrons. The van der Waals surface area contributed by atoms with E-state index in [4.69, 9.17) is 0 Å². The lowest BCUT2D eigenvalue weighted by Gasteiger charge is -2.46. The number of anilines is 9. The lowest BCUT2D eigenvalue weighted by atomic mass is 9.32. The van der Waals surface area contributed by atoms with Gasteiger partial charge in [-0.3, -0.25) is 0 Å². The van der Waals surface area contributed by atoms with Gasteiger partial charge in [-0.25, -0.2) is 0 Å². The van der Waals surface area contributed by atoms with Crippen molar-refractivity contribution in [2.45, 2.75) is 97.8 Å². The minimum Gasteiger partial charge on any atom is -0.342 e. The van der Waals surface area contributed by atoms with Crippen LogP contribution in [0.15, 0.2) is 194 Å². The lowest BCUT2D eigenvalue weighted by molar-refractivity contribution is 0.590. The van der Waals surface area contributed by atoms with Gasteiger partial charge in [0.2, 0.25) is 0 Å². The molecule has 0 saturated heterocycles. The summed E-state index contributed by atoms with van der Waals surface area (Å²) in [6.07, 6.45) is 3.31. The van der Waals surface area contributed by atoms with Gasteiger partial charge in [0, 0.05) is 79.9 Å². The molecule has 2 aromatic heterocycles. The van der Waals surface area contributed by atoms with E-state index in [0.29, 0.717) is 0 Å². The number of para-hydroxylation sites is 4. The van der Waals surface area contributed by atoms with Crippen LogP contribution >= 0.6 is 0 Å². The highest BCUT2D eigenvalue weighted by Gasteiger charge is 2.47. The first-order valence-electron chi connectivity index (χ1n) is 28.2. The third-order valence-electron chi connectivity index (χ3n) is 17.5. The minimum absolute atomic E-state index is 0.00155. The highest BCUT2D eigenvalue weighted by Crippen LogP contribution is 2.51. The molecule has 14 rings (SSSR count). The highest BCUT2D eigenvalue weighted by atomic mass is 15.2. The van der Waals surface area contributed by atoms with Crippen LogP contribution in [0.3, 0.4) is 0 Å². The number of nitrogens with zero attached hydrogens (tertiary/aromatic N) is 5. The number of aromatic nitrogens is 2. The average Bonchev–Trinajstić information content (AvgIpc) is 2.04. The number of rotatable bonds is 6. The number of hydrogen-bond donors (Lipinski definition) is 0. The van der Waals surface area contributed by atoms with Crippen molar-refractivity contribution in [1.82, 2.24) is 9.13 Å². The summed E-state index contributed by atoms with van der Waals surface area (Å²) < 4.78 is 5.17. The molecule has 6 heteroatoms. The standard InChI is InChI=1S/C72H68BN5/c1-70(2,3)46-32-37-51(38-33-46)76-61-41-36-48(72(7,8)9)42-57(61)73-67-62(76)43-53(75(49-22-13-11-14-23-49)50-24-15-12-16-25-50)44-63(67)77(52-39-34-47(35-40-52)71(4,5)6)64-45-65(69-66(68(64)73)56-27-18-19-29-58(56)74(69)10)78-59-30-20-17-26-54(59)55-28-21-31-60(55)78/h11-20,22-27,29-30,32-45H,21,28,31H2,1-10H3. The van der Waals surface area contributed by atoms with Crippen LogP contribution in [0, 0.1) is 0 Å². The first-order chi connectivity index (χ1) is 37.5. The molecule has 0 fully saturated rings. The number of aryl methyl sites for hydroxylation is 2. The topological polar surface area (TPSA) is 19.6 Å². The Morgan fingerprint density at radius 1 is 0.423 bits per heavy atom. The molecule has 0 N–H and O–H groups in total. The van der Waals surface area contributed by atoms with Gasteiger partial charge in [-0.15, -0.1) is 0 Å². The Labute approximate surface area is 461 Å². The van der Waals surface area contributed by atoms with E-state index >= 15 is 0 Å². The molecule has 1 aliphatic carbocycles. The summed E-state index contributed by atoms with van der Waals surface area (Å²) in [6, 6.07) is 74.2. The quantitative estimate of drug-likeness (QED) is 0.155. The molecule has 0 bridgehead atoms. The first-order valence-corrected chi connectivity index (χ1v) is 28.2. The van der Waals surface area contributed by atoms with Crippen molar-refractivity contribution in [3.63, 3.8) is 0 Å². The predicted molar refractivity (Wildman–Crippen MR) is 334 cm³/mol. The molecule has 0 unspecified atom stereocenters. The van der Waals surface area contributed by atoms with Crippen LogP contribution in [-0.4, -0.2) is 15.8 Å². The van der Waals surface area contributed by atoms with E-state index in [1.807, 2.05) is 0 Å². The summed E-state index contributed by atoms with van der Waals surface area (Å²) in [5.41, 5.74) is 26.1. The van der Waals surface area contributed by atoms with Gasteiger partial charge < -0.3 is 23.8 Å². The maximum atomic E-state index is 2.67. The summed E-state index contributed by atoms with van der Waals surface area (Å²) in [4.78, 5) is 7.71. The minimum atomic E-state index is -0.136. The molecule has 0 amide bonds. The monoisotopic (exact) mass is 1010 g/mol. The molecule has 0 saturated carbocycles. The molecular formula is C72H68BN5. The van der Waals surface area contributed by atoms with Gasteiger partial charge in [-0.2, -0.15) is 0 Å². The zero-order chi connectivity index (χ0) is 53.6. The largest absolute Gasteiger partial charge is 0.342 e. The van der Waals surface area contributed by atoms with Crippen LogP contribution < -0.4 is 31.1 Å². The Morgan fingerprint density at radius 3 is 1.50 bits per heavy atom. The third kappa shape index (κ3) is 7.35. The van der Waals surface area contributed by atoms with Crippen LogP contribution in [0.2, 0.25) is 0 Å². The summed E-state index contributed by atoms with van der Waals surface area (Å²) in [5, 5.41) is 3.97. The van der Waals surface area contributed by atoms with E-state index in [1.165, 1.54) is 105 Å². The molecule has 0 spiro atoms. The number of hydrogen-bond acceptors (Lipinski definition) is 3. The van der Waals surface area contributed by atoms with Crippen molar-refractivity contribution in [3.05, 3.63) is 222 Å². The van der Waals surface area contributed by atoms with E-state index in [9.17, 15) is 0 Å². The zero-order valence-corrected chi connectivity index (χ0v) is 46.9. The van der Waals surface area contributed by atoms with Gasteiger partial charge >= 0.3 is 0 Å². The van der Waals surface area contributed by atoms with Crippen molar-refractivity contribution >= 4 is 107 Å². The molecule has 0 atom stereocenters. The van der Waals surface area contributed by atoms with Crippen molar-refractivity contribution in [3.8, 4) is 5.69 Å². The fraction of sp³-hybridized carbons (Fsp3) is 0.222. The van der Waals surface area contributed by atoms with Crippen LogP contribution in [0.1, 0.15) is 96.7 Å². The van der Waals surface area contributed by atoms with Gasteiger partial charge in [0.05, 0.1) is 22.4 Å². The second-order valence-corrected chi connectivity index (χ2v) is 25.4. The van der Waals surface area contributed by atoms with Gasteiger partial charge in [0.25, 0.3) is 6.71 Å². The molecular weight excluding hydrogens is 946 g/mol. The summed E-state index contributed by atoms with van der Waals surface area (Å²) >= 11 is 0. The van der Waals surface area contributed by atoms with Gasteiger partial charge in [-0.1, -0.05) is 172 Å². The Bertz CT molecular complexity index is 4140. The Balaban J connectivity index is 1.19. The second-order valence-electron chi connectivity index (χ2n) is 25.4. The van der Waals surface area contributed by atoms with Crippen LogP contribution in [-0.2, 0) is 36.1 Å². The summed E-state index contributed by atoms with van der Waals surface area (Å²) in [7, 11) is 2.31. The van der Waals surface area contributed by atoms with Crippen LogP contribution in [0.5, 0.6) is 0 Å². The Hall–Kier alpha value is -8.22. The Morgan fingerprint density at radius 2 is 0.923 bits per heavy atom. The van der Waals surface area contributed by atoms with E-state index < -0.39 is 0 Å². The molecule has 0 radical (unpaired) electrons. The summed E-state index contributed by atoms with van der Waals surface area (Å²) in [6.45, 7) is 20.8. The SMILES string of the molecule is Cn1c2ccccc2c2c3c(cc(-n4c5c(c6ccccc64)CCC5)c21)N(c1ccc(C(C)(C)C)cc1)c1cc(N(c2ccccc2)c2ccccc2)cc2c1B3c1cc(C(C)(C)C)ccc1N2c1ccc(C(C)(C)C)cc1. The summed E-state index contributed by atoms with van der Waals surface area (Å²) in [5.74, 6) is 0. The number of fused-ring (bicyclic) bond motifs is 11. The van der Waals surface area contributed by atoms with Gasteiger partial charge in [0.1, 0.15) is 0 Å². The van der Waals surface area contributed by atoms with Crippen molar-refractivity contribution in [2.75, 3.05) is 14.7 Å². The fourth-order valence-corrected chi connectivity index (χ4v) is 13.6. The highest BCUT2D eigenvalue weighted by molar-refractivity contribution is 7.02. The molecule has 11 aromatic rings. The van der Waals surface area contributed by atoms with E-state index in [2.05, 4.69) is 287 Å². The van der Waals surface area contributed by atoms with Crippen molar-refractivity contribution in [2.24, 2.45) is 7.05 Å². The maximum Gasteiger partial charge on any atom is 0.253 e. The normalized spacial score (nSPS) is 14.1. The molecule has 9 aromatic carbocycles. The van der Waals surface area contributed by atoms with E-state index in [0.717, 1.165) is 47.7 Å². The Kier molecular flexibility index (Phi) is 10.7. The van der Waals surface area contributed by atoms with Crippen molar-refractivity contribution in [1.29, 1.82) is 0 Å². The smallest absolute Gasteiger partial charge is 0.253 e. The van der Waals surface area contributed by atoms with Gasteiger partial charge in [0.15, 0.2) is 0 Å². The zero-order valence-electron chi connectivity index (χ0n) is 46.9. The van der Waals surface area contributed by atoms with E-state index in [-0.39, 0.29) is 23.0 Å². The van der Waals surface area contributed by atoms with Crippen LogP contribution in [0.25, 0.3) is 38.4 Å². The average molecular weight is 1010 g/mol. The first kappa shape index (κ1) is 48.2. The molecule has 5 nitrogen and oxygen atoms in total. The van der Waals surface area contributed by atoms with Crippen molar-refractivity contribution < 1.29 is 0 Å². The molecule has 2 aliphatic heterocycles. The van der Waals surface area contributed by atoms with E-state index in [1.54, 1.807) is 0 Å². The predicted octanol–water partition coefficient (Wildman–Crippen LogP) is 17.2.